The molecule has 3 heteroatoms. The fourth-order valence-electron chi connectivity index (χ4n) is 1.90. The molecule has 0 saturated carbocycles. The summed E-state index contributed by atoms with van der Waals surface area (Å²) in [7, 11) is 0. The van der Waals surface area contributed by atoms with E-state index in [1.165, 1.54) is 25.7 Å². The van der Waals surface area contributed by atoms with Gasteiger partial charge in [-0.2, -0.15) is 0 Å². The Hall–Kier alpha value is -0.760. The van der Waals surface area contributed by atoms with Crippen LogP contribution in [-0.4, -0.2) is 11.1 Å². The molecule has 0 fully saturated rings. The average molecular weight is 270 g/mol. The molecule has 1 atom stereocenters. The maximum Gasteiger partial charge on any atom is 0.213 e. The summed E-state index contributed by atoms with van der Waals surface area (Å²) in [5, 5.41) is 0. The minimum absolute atomic E-state index is 0.232. The molecule has 2 nitrogen and oxygen atoms in total. The van der Waals surface area contributed by atoms with E-state index in [0.29, 0.717) is 11.8 Å². The molecule has 1 aromatic heterocycles. The van der Waals surface area contributed by atoms with E-state index in [4.69, 9.17) is 16.3 Å². The molecule has 0 aliphatic rings. The lowest BCUT2D eigenvalue weighted by Gasteiger charge is -2.14. The zero-order chi connectivity index (χ0) is 13.4. The van der Waals surface area contributed by atoms with Gasteiger partial charge in [0.1, 0.15) is 0 Å². The van der Waals surface area contributed by atoms with E-state index in [1.807, 2.05) is 19.1 Å². The van der Waals surface area contributed by atoms with Crippen molar-refractivity contribution in [2.45, 2.75) is 64.9 Å². The lowest BCUT2D eigenvalue weighted by atomic mass is 10.1. The molecular weight excluding hydrogens is 246 g/mol. The summed E-state index contributed by atoms with van der Waals surface area (Å²) in [5.41, 5.74) is 2.03. The normalized spacial score (nSPS) is 12.4. The molecule has 102 valence electrons. The lowest BCUT2D eigenvalue weighted by Crippen LogP contribution is -2.12. The van der Waals surface area contributed by atoms with Crippen LogP contribution in [0.25, 0.3) is 0 Å². The van der Waals surface area contributed by atoms with Crippen molar-refractivity contribution in [1.82, 2.24) is 4.98 Å². The number of aryl methyl sites for hydroxylation is 1. The van der Waals surface area contributed by atoms with Crippen LogP contribution in [0.3, 0.4) is 0 Å². The first-order chi connectivity index (χ1) is 8.67. The number of hydrogen-bond donors (Lipinski definition) is 0. The second-order valence-electron chi connectivity index (χ2n) is 4.81. The van der Waals surface area contributed by atoms with Gasteiger partial charge >= 0.3 is 0 Å². The summed E-state index contributed by atoms with van der Waals surface area (Å²) in [6, 6.07) is 3.90. The van der Waals surface area contributed by atoms with Gasteiger partial charge in [-0.1, -0.05) is 32.3 Å². The molecule has 0 spiro atoms. The number of nitrogens with zero attached hydrogens (tertiary/aromatic N) is 1. The van der Waals surface area contributed by atoms with Crippen molar-refractivity contribution < 1.29 is 4.74 Å². The Kier molecular flexibility index (Phi) is 7.11. The van der Waals surface area contributed by atoms with Crippen LogP contribution in [0.15, 0.2) is 12.1 Å². The molecule has 0 amide bonds. The second-order valence-corrected chi connectivity index (χ2v) is 5.07. The minimum Gasteiger partial charge on any atom is -0.475 e. The number of rotatable bonds is 8. The van der Waals surface area contributed by atoms with Gasteiger partial charge in [-0.3, -0.25) is 0 Å². The highest BCUT2D eigenvalue weighted by Crippen LogP contribution is 2.17. The van der Waals surface area contributed by atoms with Gasteiger partial charge in [0.15, 0.2) is 0 Å². The molecular formula is C15H24ClNO. The summed E-state index contributed by atoms with van der Waals surface area (Å²) in [6.45, 7) is 6.31. The number of alkyl halides is 1. The smallest absolute Gasteiger partial charge is 0.213 e. The standard InChI is InChI=1S/C15H24ClNO/c1-4-5-6-7-8-12(2)18-15-10-9-14(11-16)13(3)17-15/h9-10,12H,4-8,11H2,1-3H3. The third-order valence-corrected chi connectivity index (χ3v) is 3.39. The first-order valence-corrected chi connectivity index (χ1v) is 7.40. The monoisotopic (exact) mass is 269 g/mol. The van der Waals surface area contributed by atoms with Crippen LogP contribution in [0.4, 0.5) is 0 Å². The van der Waals surface area contributed by atoms with Gasteiger partial charge in [-0.15, -0.1) is 11.6 Å². The van der Waals surface area contributed by atoms with E-state index in [2.05, 4.69) is 18.8 Å². The summed E-state index contributed by atoms with van der Waals surface area (Å²) in [6.07, 6.45) is 6.44. The Labute approximate surface area is 116 Å². The zero-order valence-corrected chi connectivity index (χ0v) is 12.5. The first-order valence-electron chi connectivity index (χ1n) is 6.86. The number of pyridine rings is 1. The maximum atomic E-state index is 5.82. The molecule has 0 N–H and O–H groups in total. The number of hydrogen-bond acceptors (Lipinski definition) is 2. The molecule has 18 heavy (non-hydrogen) atoms. The molecule has 1 heterocycles. The van der Waals surface area contributed by atoms with Gasteiger partial charge in [0, 0.05) is 17.6 Å². The fourth-order valence-corrected chi connectivity index (χ4v) is 2.18. The van der Waals surface area contributed by atoms with Gasteiger partial charge in [-0.05, 0) is 32.3 Å². The predicted molar refractivity (Wildman–Crippen MR) is 77.4 cm³/mol. The lowest BCUT2D eigenvalue weighted by molar-refractivity contribution is 0.198. The van der Waals surface area contributed by atoms with Crippen LogP contribution in [0, 0.1) is 6.92 Å². The van der Waals surface area contributed by atoms with Gasteiger partial charge in [0.2, 0.25) is 5.88 Å². The van der Waals surface area contributed by atoms with Crippen molar-refractivity contribution in [2.24, 2.45) is 0 Å². The second kappa shape index (κ2) is 8.36. The van der Waals surface area contributed by atoms with Crippen LogP contribution in [-0.2, 0) is 5.88 Å². The van der Waals surface area contributed by atoms with Crippen LogP contribution >= 0.6 is 11.6 Å². The highest BCUT2D eigenvalue weighted by molar-refractivity contribution is 6.17. The highest BCUT2D eigenvalue weighted by atomic mass is 35.5. The summed E-state index contributed by atoms with van der Waals surface area (Å²) in [4.78, 5) is 4.42. The number of unbranched alkanes of at least 4 members (excludes halogenated alkanes) is 3. The number of halogens is 1. The molecule has 0 bridgehead atoms. The highest BCUT2D eigenvalue weighted by Gasteiger charge is 2.06. The van der Waals surface area contributed by atoms with Crippen molar-refractivity contribution in [1.29, 1.82) is 0 Å². The number of aromatic nitrogens is 1. The SMILES string of the molecule is CCCCCCC(C)Oc1ccc(CCl)c(C)n1. The van der Waals surface area contributed by atoms with Crippen molar-refractivity contribution in [3.8, 4) is 5.88 Å². The van der Waals surface area contributed by atoms with Crippen LogP contribution in [0.5, 0.6) is 5.88 Å². The topological polar surface area (TPSA) is 22.1 Å². The van der Waals surface area contributed by atoms with Crippen LogP contribution in [0.1, 0.15) is 57.2 Å². The molecule has 0 radical (unpaired) electrons. The largest absolute Gasteiger partial charge is 0.475 e. The minimum atomic E-state index is 0.232. The Balaban J connectivity index is 2.39. The quantitative estimate of drug-likeness (QED) is 0.496. The van der Waals surface area contributed by atoms with Gasteiger partial charge in [-0.25, -0.2) is 4.98 Å². The Morgan fingerprint density at radius 3 is 2.67 bits per heavy atom. The predicted octanol–water partition coefficient (Wildman–Crippen LogP) is 4.87. The van der Waals surface area contributed by atoms with Gasteiger partial charge in [0.05, 0.1) is 6.10 Å². The van der Waals surface area contributed by atoms with E-state index >= 15 is 0 Å². The Morgan fingerprint density at radius 1 is 1.28 bits per heavy atom. The molecule has 1 unspecified atom stereocenters. The van der Waals surface area contributed by atoms with Crippen molar-refractivity contribution in [3.63, 3.8) is 0 Å². The molecule has 1 rings (SSSR count). The third kappa shape index (κ3) is 5.26. The van der Waals surface area contributed by atoms with E-state index in [1.54, 1.807) is 0 Å². The van der Waals surface area contributed by atoms with E-state index in [9.17, 15) is 0 Å². The van der Waals surface area contributed by atoms with E-state index < -0.39 is 0 Å². The molecule has 0 aliphatic heterocycles. The van der Waals surface area contributed by atoms with Crippen LogP contribution in [0.2, 0.25) is 0 Å². The molecule has 0 saturated heterocycles. The summed E-state index contributed by atoms with van der Waals surface area (Å²) < 4.78 is 5.82. The zero-order valence-electron chi connectivity index (χ0n) is 11.7. The van der Waals surface area contributed by atoms with Crippen molar-refractivity contribution in [3.05, 3.63) is 23.4 Å². The Bertz CT molecular complexity index is 354. The molecule has 1 aromatic rings. The fraction of sp³-hybridized carbons (Fsp3) is 0.667. The van der Waals surface area contributed by atoms with E-state index in [0.717, 1.165) is 17.7 Å². The van der Waals surface area contributed by atoms with Gasteiger partial charge in [0.25, 0.3) is 0 Å². The Morgan fingerprint density at radius 2 is 2.06 bits per heavy atom. The van der Waals surface area contributed by atoms with Gasteiger partial charge < -0.3 is 4.74 Å². The number of ether oxygens (including phenoxy) is 1. The molecule has 0 aliphatic carbocycles. The third-order valence-electron chi connectivity index (χ3n) is 3.10. The summed E-state index contributed by atoms with van der Waals surface area (Å²) >= 11 is 5.81. The molecule has 0 aromatic carbocycles. The summed E-state index contributed by atoms with van der Waals surface area (Å²) in [5.74, 6) is 1.22. The first kappa shape index (κ1) is 15.3. The maximum absolute atomic E-state index is 5.82. The average Bonchev–Trinajstić information content (AvgIpc) is 2.35. The van der Waals surface area contributed by atoms with Crippen molar-refractivity contribution in [2.75, 3.05) is 0 Å². The van der Waals surface area contributed by atoms with Crippen molar-refractivity contribution >= 4 is 11.6 Å². The van der Waals surface area contributed by atoms with E-state index in [-0.39, 0.29) is 6.10 Å². The van der Waals surface area contributed by atoms with Crippen LogP contribution < -0.4 is 4.74 Å².